The van der Waals surface area contributed by atoms with E-state index in [2.05, 4.69) is 5.32 Å². The quantitative estimate of drug-likeness (QED) is 0.270. The fraction of sp³-hybridized carbons (Fsp3) is 0.125. The molecule has 204 valence electrons. The highest BCUT2D eigenvalue weighted by Crippen LogP contribution is 2.41. The van der Waals surface area contributed by atoms with Gasteiger partial charge in [0.1, 0.15) is 34.9 Å². The summed E-state index contributed by atoms with van der Waals surface area (Å²) in [5.41, 5.74) is 2.78. The third kappa shape index (κ3) is 4.89. The lowest BCUT2D eigenvalue weighted by Crippen LogP contribution is -2.22. The molecular formula is C32H30N8O. The van der Waals surface area contributed by atoms with Gasteiger partial charge in [0, 0.05) is 33.8 Å². The summed E-state index contributed by atoms with van der Waals surface area (Å²) in [5, 5.41) is 3.19. The number of anilines is 9. The van der Waals surface area contributed by atoms with E-state index in [-0.39, 0.29) is 5.91 Å². The highest BCUT2D eigenvalue weighted by Gasteiger charge is 2.22. The summed E-state index contributed by atoms with van der Waals surface area (Å²) in [5.74, 6) is 4.19. The lowest BCUT2D eigenvalue weighted by atomic mass is 10.1. The third-order valence-corrected chi connectivity index (χ3v) is 7.24. The second-order valence-electron chi connectivity index (χ2n) is 9.79. The van der Waals surface area contributed by atoms with E-state index in [0.717, 1.165) is 34.6 Å². The number of nitrogens with zero attached hydrogens (tertiary/aromatic N) is 7. The number of fused-ring (bicyclic) bond motifs is 8. The summed E-state index contributed by atoms with van der Waals surface area (Å²) in [6.45, 7) is 0. The molecular weight excluding hydrogens is 512 g/mol. The molecule has 9 heteroatoms. The van der Waals surface area contributed by atoms with E-state index in [0.29, 0.717) is 22.9 Å². The molecule has 0 atom stereocenters. The zero-order valence-corrected chi connectivity index (χ0v) is 23.4. The molecule has 1 aliphatic rings. The van der Waals surface area contributed by atoms with Crippen molar-refractivity contribution >= 4 is 57.9 Å². The van der Waals surface area contributed by atoms with Crippen LogP contribution in [0.3, 0.4) is 0 Å². The van der Waals surface area contributed by atoms with Crippen molar-refractivity contribution in [2.75, 3.05) is 53.1 Å². The first-order chi connectivity index (χ1) is 19.9. The lowest BCUT2D eigenvalue weighted by Gasteiger charge is -2.29. The molecule has 41 heavy (non-hydrogen) atoms. The van der Waals surface area contributed by atoms with Gasteiger partial charge in [0.05, 0.1) is 17.1 Å². The Morgan fingerprint density at radius 3 is 1.27 bits per heavy atom. The van der Waals surface area contributed by atoms with E-state index in [1.165, 1.54) is 0 Å². The predicted octanol–water partition coefficient (Wildman–Crippen LogP) is 6.51. The summed E-state index contributed by atoms with van der Waals surface area (Å²) in [7, 11) is 7.78. The fourth-order valence-corrected chi connectivity index (χ4v) is 4.83. The van der Waals surface area contributed by atoms with Gasteiger partial charge >= 0.3 is 0 Å². The molecule has 8 bridgehead atoms. The second-order valence-corrected chi connectivity index (χ2v) is 9.79. The van der Waals surface area contributed by atoms with Crippen LogP contribution in [0.15, 0.2) is 103 Å². The van der Waals surface area contributed by atoms with E-state index in [4.69, 9.17) is 15.0 Å². The number of nitrogens with one attached hydrogen (secondary N) is 1. The minimum atomic E-state index is -0.206. The number of carbonyl (C=O) groups excluding carboxylic acids is 1. The zero-order valence-electron chi connectivity index (χ0n) is 23.4. The molecule has 1 amide bonds. The van der Waals surface area contributed by atoms with Crippen LogP contribution in [-0.4, -0.2) is 49.0 Å². The van der Waals surface area contributed by atoms with Crippen LogP contribution in [0.5, 0.6) is 0 Å². The summed E-state index contributed by atoms with van der Waals surface area (Å²) in [6.07, 6.45) is 0. The van der Waals surface area contributed by atoms with Crippen LogP contribution >= 0.6 is 0 Å². The molecule has 0 aliphatic carbocycles. The van der Waals surface area contributed by atoms with Crippen molar-refractivity contribution in [2.24, 2.45) is 0 Å². The first-order valence-electron chi connectivity index (χ1n) is 13.3. The maximum absolute atomic E-state index is 13.5. The first kappa shape index (κ1) is 25.8. The molecule has 6 rings (SSSR count). The standard InChI is InChI=1S/C32H30N8O/c1-37-23-14-8-15-24(31(23)36-32(41)22-12-6-5-7-13-22)38(2)26-17-10-19-28(34-26)40(4)30-21-11-20-29(35-30)39(3)27-18-9-16-25(37)33-27/h5-21H,1-4H3,(H,36,41). The number of pyridine rings is 3. The normalized spacial score (nSPS) is 12.8. The largest absolute Gasteiger partial charge is 0.328 e. The second kappa shape index (κ2) is 10.6. The van der Waals surface area contributed by atoms with Crippen LogP contribution in [0.4, 0.5) is 52.0 Å². The Bertz CT molecular complexity index is 1630. The summed E-state index contributed by atoms with van der Waals surface area (Å²) >= 11 is 0. The van der Waals surface area contributed by atoms with Crippen LogP contribution in [0.2, 0.25) is 0 Å². The number of aromatic nitrogens is 3. The molecule has 1 N–H and O–H groups in total. The molecule has 0 radical (unpaired) electrons. The van der Waals surface area contributed by atoms with Gasteiger partial charge in [-0.15, -0.1) is 0 Å². The van der Waals surface area contributed by atoms with Crippen molar-refractivity contribution in [1.29, 1.82) is 0 Å². The van der Waals surface area contributed by atoms with Crippen molar-refractivity contribution in [3.63, 3.8) is 0 Å². The molecule has 3 aromatic heterocycles. The van der Waals surface area contributed by atoms with Gasteiger partial charge in [-0.3, -0.25) is 4.79 Å². The number of hydrogen-bond donors (Lipinski definition) is 1. The van der Waals surface area contributed by atoms with Crippen LogP contribution in [0.25, 0.3) is 0 Å². The van der Waals surface area contributed by atoms with Gasteiger partial charge in [-0.25, -0.2) is 15.0 Å². The Kier molecular flexibility index (Phi) is 6.68. The maximum Gasteiger partial charge on any atom is 0.255 e. The van der Waals surface area contributed by atoms with Gasteiger partial charge in [-0.2, -0.15) is 0 Å². The highest BCUT2D eigenvalue weighted by molar-refractivity contribution is 6.09. The molecule has 0 saturated carbocycles. The summed E-state index contributed by atoms with van der Waals surface area (Å²) < 4.78 is 0. The maximum atomic E-state index is 13.5. The topological polar surface area (TPSA) is 80.7 Å². The van der Waals surface area contributed by atoms with E-state index >= 15 is 0 Å². The van der Waals surface area contributed by atoms with Gasteiger partial charge in [-0.05, 0) is 60.7 Å². The fourth-order valence-electron chi connectivity index (χ4n) is 4.83. The molecule has 0 fully saturated rings. The van der Waals surface area contributed by atoms with E-state index in [9.17, 15) is 4.79 Å². The zero-order chi connectivity index (χ0) is 28.5. The number of carbonyl (C=O) groups is 1. The molecule has 5 aromatic rings. The Morgan fingerprint density at radius 1 is 0.488 bits per heavy atom. The SMILES string of the molecule is CN1c2cccc(n2)N(C)c2cccc(n2)N(C)c2cccc(c2NC(=O)c2ccccc2)N(C)c2cccc1n2. The molecule has 0 unspecified atom stereocenters. The van der Waals surface area contributed by atoms with Gasteiger partial charge in [0.25, 0.3) is 5.91 Å². The number of benzene rings is 2. The van der Waals surface area contributed by atoms with Gasteiger partial charge in [-0.1, -0.05) is 42.5 Å². The third-order valence-electron chi connectivity index (χ3n) is 7.24. The molecule has 0 saturated heterocycles. The van der Waals surface area contributed by atoms with Crippen molar-refractivity contribution in [3.8, 4) is 0 Å². The molecule has 0 spiro atoms. The molecule has 4 heterocycles. The number of rotatable bonds is 2. The van der Waals surface area contributed by atoms with Crippen molar-refractivity contribution in [3.05, 3.63) is 109 Å². The number of amides is 1. The van der Waals surface area contributed by atoms with Crippen molar-refractivity contribution < 1.29 is 4.79 Å². The Balaban J connectivity index is 1.56. The monoisotopic (exact) mass is 542 g/mol. The minimum absolute atomic E-state index is 0.206. The van der Waals surface area contributed by atoms with Crippen LogP contribution in [0, 0.1) is 0 Å². The van der Waals surface area contributed by atoms with Gasteiger partial charge in [0.2, 0.25) is 0 Å². The summed E-state index contributed by atoms with van der Waals surface area (Å²) in [4.78, 5) is 36.2. The van der Waals surface area contributed by atoms with Gasteiger partial charge in [0.15, 0.2) is 0 Å². The average Bonchev–Trinajstić information content (AvgIpc) is 3.03. The highest BCUT2D eigenvalue weighted by atomic mass is 16.1. The van der Waals surface area contributed by atoms with Crippen LogP contribution < -0.4 is 24.9 Å². The molecule has 1 aliphatic heterocycles. The predicted molar refractivity (Wildman–Crippen MR) is 166 cm³/mol. The minimum Gasteiger partial charge on any atom is -0.328 e. The van der Waals surface area contributed by atoms with Crippen LogP contribution in [-0.2, 0) is 0 Å². The Labute approximate surface area is 239 Å². The van der Waals surface area contributed by atoms with Gasteiger partial charge < -0.3 is 24.9 Å². The lowest BCUT2D eigenvalue weighted by molar-refractivity contribution is 0.102. The van der Waals surface area contributed by atoms with Crippen LogP contribution in [0.1, 0.15) is 10.4 Å². The van der Waals surface area contributed by atoms with Crippen molar-refractivity contribution in [1.82, 2.24) is 15.0 Å². The van der Waals surface area contributed by atoms with E-state index < -0.39 is 0 Å². The smallest absolute Gasteiger partial charge is 0.255 e. The van der Waals surface area contributed by atoms with E-state index in [1.54, 1.807) is 12.1 Å². The Morgan fingerprint density at radius 2 is 0.854 bits per heavy atom. The Hall–Kier alpha value is -5.44. The number of hydrogen-bond acceptors (Lipinski definition) is 8. The number of para-hydroxylation sites is 1. The van der Waals surface area contributed by atoms with E-state index in [1.807, 2.05) is 139 Å². The first-order valence-corrected chi connectivity index (χ1v) is 13.3. The van der Waals surface area contributed by atoms with Crippen molar-refractivity contribution in [2.45, 2.75) is 0 Å². The average molecular weight is 543 g/mol. The summed E-state index contributed by atoms with van der Waals surface area (Å²) in [6, 6.07) is 32.7. The molecule has 2 aromatic carbocycles. The molecule has 9 nitrogen and oxygen atoms in total.